The van der Waals surface area contributed by atoms with E-state index in [9.17, 15) is 22.8 Å². The fourth-order valence-electron chi connectivity index (χ4n) is 1.32. The summed E-state index contributed by atoms with van der Waals surface area (Å²) in [6.07, 6.45) is -5.46. The molecule has 116 valence electrons. The number of alkyl halides is 3. The second-order valence-electron chi connectivity index (χ2n) is 5.16. The molecular weight excluding hydrogens is 289 g/mol. The first-order valence-electron chi connectivity index (χ1n) is 5.95. The van der Waals surface area contributed by atoms with Crippen LogP contribution in [0.25, 0.3) is 0 Å². The van der Waals surface area contributed by atoms with E-state index in [1.807, 2.05) is 10.9 Å². The number of amides is 2. The zero-order valence-electron chi connectivity index (χ0n) is 11.7. The van der Waals surface area contributed by atoms with Crippen LogP contribution in [0.1, 0.15) is 36.7 Å². The van der Waals surface area contributed by atoms with Crippen molar-refractivity contribution < 1.29 is 27.5 Å². The van der Waals surface area contributed by atoms with Gasteiger partial charge in [0.25, 0.3) is 5.91 Å². The number of nitrogens with one attached hydrogen (secondary N) is 2. The lowest BCUT2D eigenvalue weighted by Crippen LogP contribution is -2.44. The molecule has 0 heterocycles. The zero-order chi connectivity index (χ0) is 16.3. The average Bonchev–Trinajstić information content (AvgIpc) is 2.33. The molecule has 0 fully saturated rings. The van der Waals surface area contributed by atoms with Gasteiger partial charge in [0.15, 0.2) is 0 Å². The number of halogens is 3. The van der Waals surface area contributed by atoms with Crippen molar-refractivity contribution in [3.8, 4) is 0 Å². The van der Waals surface area contributed by atoms with Crippen LogP contribution in [-0.4, -0.2) is 17.6 Å². The van der Waals surface area contributed by atoms with Crippen molar-refractivity contribution in [1.29, 1.82) is 0 Å². The van der Waals surface area contributed by atoms with Gasteiger partial charge in [-0.2, -0.15) is 13.2 Å². The Morgan fingerprint density at radius 1 is 1.10 bits per heavy atom. The Hall–Kier alpha value is -2.25. The van der Waals surface area contributed by atoms with Crippen LogP contribution >= 0.6 is 0 Å². The van der Waals surface area contributed by atoms with Crippen LogP contribution in [0.3, 0.4) is 0 Å². The number of ether oxygens (including phenoxy) is 1. The van der Waals surface area contributed by atoms with Crippen LogP contribution < -0.4 is 10.9 Å². The van der Waals surface area contributed by atoms with Crippen LogP contribution in [0.15, 0.2) is 24.3 Å². The van der Waals surface area contributed by atoms with E-state index in [-0.39, 0.29) is 5.56 Å². The molecule has 0 saturated heterocycles. The van der Waals surface area contributed by atoms with Crippen molar-refractivity contribution in [3.63, 3.8) is 0 Å². The van der Waals surface area contributed by atoms with Crippen LogP contribution in [-0.2, 0) is 10.9 Å². The van der Waals surface area contributed by atoms with Gasteiger partial charge in [0, 0.05) is 5.56 Å². The third-order valence-corrected chi connectivity index (χ3v) is 2.13. The summed E-state index contributed by atoms with van der Waals surface area (Å²) in [5.74, 6) is -0.882. The first kappa shape index (κ1) is 16.8. The molecule has 0 aliphatic carbocycles. The van der Waals surface area contributed by atoms with E-state index in [0.717, 1.165) is 12.1 Å². The van der Waals surface area contributed by atoms with E-state index in [0.29, 0.717) is 6.07 Å². The monoisotopic (exact) mass is 304 g/mol. The van der Waals surface area contributed by atoms with E-state index < -0.39 is 29.3 Å². The summed E-state index contributed by atoms with van der Waals surface area (Å²) in [6, 6.07) is 3.83. The first-order valence-corrected chi connectivity index (χ1v) is 5.95. The highest BCUT2D eigenvalue weighted by atomic mass is 19.4. The molecule has 0 aliphatic rings. The van der Waals surface area contributed by atoms with Gasteiger partial charge in [-0.05, 0) is 39.0 Å². The van der Waals surface area contributed by atoms with E-state index in [1.165, 1.54) is 6.07 Å². The molecule has 1 aromatic carbocycles. The Kier molecular flexibility index (Phi) is 4.82. The normalized spacial score (nSPS) is 11.7. The molecule has 0 radical (unpaired) electrons. The SMILES string of the molecule is CC(C)(C)OC(=O)NNC(=O)c1cccc(C(F)(F)F)c1. The predicted molar refractivity (Wildman–Crippen MR) is 68.3 cm³/mol. The fraction of sp³-hybridized carbons (Fsp3) is 0.385. The Morgan fingerprint density at radius 3 is 2.24 bits per heavy atom. The van der Waals surface area contributed by atoms with Crippen molar-refractivity contribution in [2.75, 3.05) is 0 Å². The summed E-state index contributed by atoms with van der Waals surface area (Å²) in [5, 5.41) is 0. The van der Waals surface area contributed by atoms with Gasteiger partial charge in [-0.15, -0.1) is 0 Å². The van der Waals surface area contributed by atoms with Crippen molar-refractivity contribution in [1.82, 2.24) is 10.9 Å². The van der Waals surface area contributed by atoms with Gasteiger partial charge in [-0.25, -0.2) is 10.2 Å². The number of carbonyl (C=O) groups excluding carboxylic acids is 2. The lowest BCUT2D eigenvalue weighted by molar-refractivity contribution is -0.137. The Morgan fingerprint density at radius 2 is 1.71 bits per heavy atom. The van der Waals surface area contributed by atoms with E-state index >= 15 is 0 Å². The quantitative estimate of drug-likeness (QED) is 0.784. The summed E-state index contributed by atoms with van der Waals surface area (Å²) in [5.41, 5.74) is 1.98. The molecule has 2 amide bonds. The minimum absolute atomic E-state index is 0.235. The topological polar surface area (TPSA) is 67.4 Å². The average molecular weight is 304 g/mol. The highest BCUT2D eigenvalue weighted by Gasteiger charge is 2.30. The molecule has 5 nitrogen and oxygen atoms in total. The van der Waals surface area contributed by atoms with Crippen LogP contribution in [0.5, 0.6) is 0 Å². The molecule has 0 saturated carbocycles. The van der Waals surface area contributed by atoms with E-state index in [2.05, 4.69) is 0 Å². The maximum absolute atomic E-state index is 12.5. The largest absolute Gasteiger partial charge is 0.443 e. The third-order valence-electron chi connectivity index (χ3n) is 2.13. The Balaban J connectivity index is 2.67. The van der Waals surface area contributed by atoms with E-state index in [1.54, 1.807) is 20.8 Å². The molecule has 0 spiro atoms. The molecule has 1 aromatic rings. The maximum Gasteiger partial charge on any atom is 0.426 e. The van der Waals surface area contributed by atoms with Crippen molar-refractivity contribution in [2.45, 2.75) is 32.5 Å². The van der Waals surface area contributed by atoms with Crippen molar-refractivity contribution in [2.24, 2.45) is 0 Å². The van der Waals surface area contributed by atoms with Gasteiger partial charge in [0.1, 0.15) is 5.60 Å². The van der Waals surface area contributed by atoms with Gasteiger partial charge in [0.2, 0.25) is 0 Å². The van der Waals surface area contributed by atoms with Crippen LogP contribution in [0.2, 0.25) is 0 Å². The second-order valence-corrected chi connectivity index (χ2v) is 5.16. The molecule has 0 aliphatic heterocycles. The maximum atomic E-state index is 12.5. The highest BCUT2D eigenvalue weighted by molar-refractivity contribution is 5.95. The summed E-state index contributed by atoms with van der Waals surface area (Å²) >= 11 is 0. The standard InChI is InChI=1S/C13H15F3N2O3/c1-12(2,3)21-11(20)18-17-10(19)8-5-4-6-9(7-8)13(14,15)16/h4-7H,1-3H3,(H,17,19)(H,18,20). The molecule has 2 N–H and O–H groups in total. The number of hydrogen-bond acceptors (Lipinski definition) is 3. The summed E-state index contributed by atoms with van der Waals surface area (Å²) < 4.78 is 42.4. The predicted octanol–water partition coefficient (Wildman–Crippen LogP) is 2.87. The summed E-state index contributed by atoms with van der Waals surface area (Å²) in [6.45, 7) is 4.88. The lowest BCUT2D eigenvalue weighted by Gasteiger charge is -2.19. The molecule has 0 bridgehead atoms. The van der Waals surface area contributed by atoms with E-state index in [4.69, 9.17) is 4.74 Å². The van der Waals surface area contributed by atoms with Crippen LogP contribution in [0, 0.1) is 0 Å². The smallest absolute Gasteiger partial charge is 0.426 e. The Bertz CT molecular complexity index is 536. The number of rotatable bonds is 1. The van der Waals surface area contributed by atoms with Crippen molar-refractivity contribution >= 4 is 12.0 Å². The minimum atomic E-state index is -4.55. The highest BCUT2D eigenvalue weighted by Crippen LogP contribution is 2.29. The summed E-state index contributed by atoms with van der Waals surface area (Å²) in [4.78, 5) is 22.9. The minimum Gasteiger partial charge on any atom is -0.443 e. The van der Waals surface area contributed by atoms with Crippen LogP contribution in [0.4, 0.5) is 18.0 Å². The zero-order valence-corrected chi connectivity index (χ0v) is 11.7. The third kappa shape index (κ3) is 5.72. The Labute approximate surface area is 119 Å². The molecular formula is C13H15F3N2O3. The van der Waals surface area contributed by atoms with Gasteiger partial charge in [-0.3, -0.25) is 10.2 Å². The van der Waals surface area contributed by atoms with Gasteiger partial charge >= 0.3 is 12.3 Å². The molecule has 8 heteroatoms. The molecule has 0 aromatic heterocycles. The molecule has 1 rings (SSSR count). The molecule has 0 unspecified atom stereocenters. The van der Waals surface area contributed by atoms with Crippen molar-refractivity contribution in [3.05, 3.63) is 35.4 Å². The second kappa shape index (κ2) is 6.02. The first-order chi connectivity index (χ1) is 9.49. The number of benzene rings is 1. The van der Waals surface area contributed by atoms with Gasteiger partial charge < -0.3 is 4.74 Å². The number of hydrazine groups is 1. The molecule has 21 heavy (non-hydrogen) atoms. The fourth-order valence-corrected chi connectivity index (χ4v) is 1.32. The molecule has 0 atom stereocenters. The number of hydrogen-bond donors (Lipinski definition) is 2. The van der Waals surface area contributed by atoms with Gasteiger partial charge in [-0.1, -0.05) is 6.07 Å². The summed E-state index contributed by atoms with van der Waals surface area (Å²) in [7, 11) is 0. The van der Waals surface area contributed by atoms with Gasteiger partial charge in [0.05, 0.1) is 5.56 Å². The lowest BCUT2D eigenvalue weighted by atomic mass is 10.1. The number of carbonyl (C=O) groups is 2.